The van der Waals surface area contributed by atoms with Gasteiger partial charge in [-0.05, 0) is 24.6 Å². The second kappa shape index (κ2) is 7.36. The third-order valence-corrected chi connectivity index (χ3v) is 4.14. The van der Waals surface area contributed by atoms with Gasteiger partial charge in [-0.2, -0.15) is 13.2 Å². The van der Waals surface area contributed by atoms with Crippen molar-refractivity contribution in [2.75, 3.05) is 24.5 Å². The summed E-state index contributed by atoms with van der Waals surface area (Å²) in [6, 6.07) is 4.99. The van der Waals surface area contributed by atoms with Gasteiger partial charge in [0, 0.05) is 23.7 Å². The molecule has 1 heterocycles. The number of aryl methyl sites for hydroxylation is 1. The molecular formula is C17H16ClF3N2O2. The van der Waals surface area contributed by atoms with Crippen molar-refractivity contribution in [2.24, 2.45) is 5.92 Å². The van der Waals surface area contributed by atoms with E-state index in [9.17, 15) is 22.8 Å². The van der Waals surface area contributed by atoms with Gasteiger partial charge in [0.25, 0.3) is 0 Å². The first kappa shape index (κ1) is 19.1. The van der Waals surface area contributed by atoms with Gasteiger partial charge in [-0.25, -0.2) is 0 Å². The van der Waals surface area contributed by atoms with Crippen LogP contribution in [-0.2, 0) is 9.59 Å². The lowest BCUT2D eigenvalue weighted by Gasteiger charge is -2.25. The first-order chi connectivity index (χ1) is 11.6. The summed E-state index contributed by atoms with van der Waals surface area (Å²) in [5.41, 5.74) is 1.33. The molecule has 1 fully saturated rings. The number of alkyl halides is 3. The number of halogens is 4. The van der Waals surface area contributed by atoms with E-state index in [0.29, 0.717) is 15.6 Å². The summed E-state index contributed by atoms with van der Waals surface area (Å²) in [5, 5.41) is 0.425. The first-order valence-corrected chi connectivity index (χ1v) is 7.85. The molecule has 0 spiro atoms. The number of benzene rings is 1. The minimum atomic E-state index is -4.56. The van der Waals surface area contributed by atoms with E-state index in [4.69, 9.17) is 18.0 Å². The Hall–Kier alpha value is -2.20. The van der Waals surface area contributed by atoms with Crippen LogP contribution in [0.15, 0.2) is 18.2 Å². The largest absolute Gasteiger partial charge is 0.406 e. The average molecular weight is 373 g/mol. The van der Waals surface area contributed by atoms with Crippen molar-refractivity contribution < 1.29 is 22.8 Å². The maximum atomic E-state index is 12.6. The number of anilines is 1. The Balaban J connectivity index is 2.19. The molecule has 25 heavy (non-hydrogen) atoms. The third kappa shape index (κ3) is 4.67. The summed E-state index contributed by atoms with van der Waals surface area (Å²) in [6.45, 7) is -0.115. The van der Waals surface area contributed by atoms with Gasteiger partial charge < -0.3 is 9.80 Å². The van der Waals surface area contributed by atoms with Gasteiger partial charge in [0.05, 0.1) is 12.5 Å². The summed E-state index contributed by atoms with van der Waals surface area (Å²) in [5.74, 6) is 0.0719. The number of nitrogens with zero attached hydrogens (tertiary/aromatic N) is 2. The number of carbonyl (C=O) groups is 2. The molecule has 134 valence electrons. The molecule has 1 unspecified atom stereocenters. The van der Waals surface area contributed by atoms with Crippen LogP contribution in [0.5, 0.6) is 0 Å². The second-order valence-electron chi connectivity index (χ2n) is 5.85. The molecule has 4 nitrogen and oxygen atoms in total. The number of rotatable bonds is 4. The monoisotopic (exact) mass is 372 g/mol. The number of carbonyl (C=O) groups excluding carboxylic acids is 2. The number of hydrogen-bond acceptors (Lipinski definition) is 2. The molecule has 0 aromatic heterocycles. The van der Waals surface area contributed by atoms with Crippen molar-refractivity contribution in [1.82, 2.24) is 4.90 Å². The smallest absolute Gasteiger partial charge is 0.322 e. The Labute approximate surface area is 148 Å². The lowest BCUT2D eigenvalue weighted by atomic mass is 10.1. The van der Waals surface area contributed by atoms with Crippen molar-refractivity contribution >= 4 is 29.1 Å². The Kier molecular flexibility index (Phi) is 5.63. The summed E-state index contributed by atoms with van der Waals surface area (Å²) >= 11 is 5.95. The van der Waals surface area contributed by atoms with Gasteiger partial charge in [-0.1, -0.05) is 23.6 Å². The van der Waals surface area contributed by atoms with Gasteiger partial charge in [0.2, 0.25) is 11.8 Å². The van der Waals surface area contributed by atoms with Crippen LogP contribution >= 0.6 is 11.6 Å². The topological polar surface area (TPSA) is 40.6 Å². The molecule has 2 amide bonds. The molecule has 0 saturated carbocycles. The van der Waals surface area contributed by atoms with Crippen LogP contribution in [0.1, 0.15) is 12.0 Å². The zero-order valence-corrected chi connectivity index (χ0v) is 14.2. The zero-order chi connectivity index (χ0) is 18.8. The normalized spacial score (nSPS) is 17.5. The molecule has 8 heteroatoms. The highest BCUT2D eigenvalue weighted by Gasteiger charge is 2.40. The molecule has 1 aromatic carbocycles. The first-order valence-electron chi connectivity index (χ1n) is 7.48. The van der Waals surface area contributed by atoms with Crippen LogP contribution in [0.4, 0.5) is 18.9 Å². The van der Waals surface area contributed by atoms with Gasteiger partial charge in [-0.15, -0.1) is 6.42 Å². The molecule has 0 N–H and O–H groups in total. The van der Waals surface area contributed by atoms with Crippen LogP contribution in [0.2, 0.25) is 5.02 Å². The van der Waals surface area contributed by atoms with Crippen LogP contribution in [0.3, 0.4) is 0 Å². The van der Waals surface area contributed by atoms with E-state index >= 15 is 0 Å². The van der Waals surface area contributed by atoms with Gasteiger partial charge in [-0.3, -0.25) is 9.59 Å². The minimum Gasteiger partial charge on any atom is -0.322 e. The molecule has 1 aliphatic rings. The molecule has 2 rings (SSSR count). The van der Waals surface area contributed by atoms with Crippen LogP contribution in [0.25, 0.3) is 0 Å². The summed E-state index contributed by atoms with van der Waals surface area (Å²) in [6.07, 6.45) is 0.343. The predicted octanol–water partition coefficient (Wildman–Crippen LogP) is 3.03. The Morgan fingerprint density at radius 2 is 2.16 bits per heavy atom. The van der Waals surface area contributed by atoms with Crippen LogP contribution in [-0.4, -0.2) is 42.5 Å². The predicted molar refractivity (Wildman–Crippen MR) is 88.1 cm³/mol. The fourth-order valence-corrected chi connectivity index (χ4v) is 2.94. The van der Waals surface area contributed by atoms with E-state index in [0.717, 1.165) is 5.56 Å². The maximum Gasteiger partial charge on any atom is 0.406 e. The summed E-state index contributed by atoms with van der Waals surface area (Å²) < 4.78 is 37.9. The molecule has 0 aliphatic carbocycles. The standard InChI is InChI=1S/C17H16ClF3N2O2/c1-3-6-22(10-17(19,20)21)16(25)12-7-15(24)23(9-12)14-8-13(18)5-4-11(14)2/h1,4-5,8,12H,6-7,9-10H2,2H3. The lowest BCUT2D eigenvalue weighted by molar-refractivity contribution is -0.162. The van der Waals surface area contributed by atoms with Gasteiger partial charge >= 0.3 is 6.18 Å². The third-order valence-electron chi connectivity index (χ3n) is 3.90. The molecule has 1 aromatic rings. The number of amides is 2. The van der Waals surface area contributed by atoms with E-state index < -0.39 is 31.1 Å². The van der Waals surface area contributed by atoms with E-state index in [-0.39, 0.29) is 18.9 Å². The van der Waals surface area contributed by atoms with E-state index in [2.05, 4.69) is 5.92 Å². The highest BCUT2D eigenvalue weighted by molar-refractivity contribution is 6.31. The van der Waals surface area contributed by atoms with Crippen molar-refractivity contribution in [3.8, 4) is 12.3 Å². The van der Waals surface area contributed by atoms with Gasteiger partial charge in [0.1, 0.15) is 6.54 Å². The molecular weight excluding hydrogens is 357 g/mol. The van der Waals surface area contributed by atoms with Crippen molar-refractivity contribution in [1.29, 1.82) is 0 Å². The quantitative estimate of drug-likeness (QED) is 0.762. The number of terminal acetylenes is 1. The van der Waals surface area contributed by atoms with E-state index in [1.165, 1.54) is 4.90 Å². The highest BCUT2D eigenvalue weighted by atomic mass is 35.5. The van der Waals surface area contributed by atoms with Crippen LogP contribution < -0.4 is 4.90 Å². The molecule has 1 aliphatic heterocycles. The zero-order valence-electron chi connectivity index (χ0n) is 13.4. The lowest BCUT2D eigenvalue weighted by Crippen LogP contribution is -2.43. The maximum absolute atomic E-state index is 12.6. The molecule has 0 radical (unpaired) electrons. The van der Waals surface area contributed by atoms with Crippen molar-refractivity contribution in [3.63, 3.8) is 0 Å². The Morgan fingerprint density at radius 1 is 1.48 bits per heavy atom. The average Bonchev–Trinajstić information content (AvgIpc) is 2.89. The molecule has 1 atom stereocenters. The fraction of sp³-hybridized carbons (Fsp3) is 0.412. The molecule has 1 saturated heterocycles. The Morgan fingerprint density at radius 3 is 2.76 bits per heavy atom. The molecule has 0 bridgehead atoms. The van der Waals surface area contributed by atoms with Gasteiger partial charge in [0.15, 0.2) is 0 Å². The van der Waals surface area contributed by atoms with Crippen molar-refractivity contribution in [2.45, 2.75) is 19.5 Å². The van der Waals surface area contributed by atoms with E-state index in [1.807, 2.05) is 0 Å². The summed E-state index contributed by atoms with van der Waals surface area (Å²) in [4.78, 5) is 26.6. The number of hydrogen-bond donors (Lipinski definition) is 0. The summed E-state index contributed by atoms with van der Waals surface area (Å²) in [7, 11) is 0. The highest BCUT2D eigenvalue weighted by Crippen LogP contribution is 2.31. The van der Waals surface area contributed by atoms with Crippen molar-refractivity contribution in [3.05, 3.63) is 28.8 Å². The minimum absolute atomic E-state index is 0.00220. The van der Waals surface area contributed by atoms with E-state index in [1.54, 1.807) is 25.1 Å². The SMILES string of the molecule is C#CCN(CC(F)(F)F)C(=O)C1CC(=O)N(c2cc(Cl)ccc2C)C1. The Bertz CT molecular complexity index is 728. The second-order valence-corrected chi connectivity index (χ2v) is 6.29. The fourth-order valence-electron chi connectivity index (χ4n) is 2.78. The van der Waals surface area contributed by atoms with Crippen LogP contribution in [0, 0.1) is 25.2 Å².